The van der Waals surface area contributed by atoms with Crippen LogP contribution in [0.25, 0.3) is 0 Å². The number of nitrogens with zero attached hydrogens (tertiary/aromatic N) is 4. The molecule has 2 aromatic heterocycles. The fraction of sp³-hybridized carbons (Fsp3) is 0.684. The maximum atomic E-state index is 12.6. The van der Waals surface area contributed by atoms with E-state index in [1.165, 1.54) is 28.6 Å². The van der Waals surface area contributed by atoms with Crippen LogP contribution >= 0.6 is 0 Å². The highest BCUT2D eigenvalue weighted by Gasteiger charge is 2.48. The van der Waals surface area contributed by atoms with E-state index in [-0.39, 0.29) is 35.9 Å². The summed E-state index contributed by atoms with van der Waals surface area (Å²) in [6, 6.07) is 1.23. The van der Waals surface area contributed by atoms with E-state index < -0.39 is 39.8 Å². The van der Waals surface area contributed by atoms with Crippen molar-refractivity contribution in [3.8, 4) is 0 Å². The third-order valence-corrected chi connectivity index (χ3v) is 6.59. The van der Waals surface area contributed by atoms with E-state index in [0.717, 1.165) is 6.20 Å². The molecule has 32 heavy (non-hydrogen) atoms. The molecule has 3 rings (SSSR count). The first-order valence-electron chi connectivity index (χ1n) is 10.3. The number of ether oxygens (including phenoxy) is 2. The molecular weight excluding hydrogens is 442 g/mol. The van der Waals surface area contributed by atoms with Crippen molar-refractivity contribution in [3.63, 3.8) is 0 Å². The molecule has 1 aliphatic heterocycles. The summed E-state index contributed by atoms with van der Waals surface area (Å²) in [4.78, 5) is 26.0. The molecule has 1 N–H and O–H groups in total. The second-order valence-corrected chi connectivity index (χ2v) is 10.1. The van der Waals surface area contributed by atoms with Crippen molar-refractivity contribution >= 4 is 10.1 Å². The van der Waals surface area contributed by atoms with Crippen molar-refractivity contribution in [1.29, 1.82) is 0 Å². The standard InChI is InChI=1S/C19H29N5O7S/c1-11(2)10-30-32(27,28)15-8-20-22-24(15)9-13-16(12(3)4)17(29-5)18(31-13)23-7-6-14(25)21-19(23)26/h6-8,11-13,16-18H,9-10H2,1-5H3,(H,21,25,26). The lowest BCUT2D eigenvalue weighted by molar-refractivity contribution is -0.0566. The molecule has 0 saturated carbocycles. The Morgan fingerprint density at radius 1 is 1.25 bits per heavy atom. The monoisotopic (exact) mass is 471 g/mol. The Kier molecular flexibility index (Phi) is 7.32. The Morgan fingerprint density at radius 3 is 2.56 bits per heavy atom. The van der Waals surface area contributed by atoms with Crippen LogP contribution in [-0.4, -0.2) is 58.9 Å². The Balaban J connectivity index is 1.92. The van der Waals surface area contributed by atoms with Gasteiger partial charge < -0.3 is 9.47 Å². The summed E-state index contributed by atoms with van der Waals surface area (Å²) in [5.41, 5.74) is -1.15. The van der Waals surface area contributed by atoms with Gasteiger partial charge in [-0.2, -0.15) is 8.42 Å². The van der Waals surface area contributed by atoms with Crippen LogP contribution in [0, 0.1) is 17.8 Å². The number of nitrogens with one attached hydrogen (secondary N) is 1. The summed E-state index contributed by atoms with van der Waals surface area (Å²) in [6.07, 6.45) is 0.589. The first-order chi connectivity index (χ1) is 15.0. The summed E-state index contributed by atoms with van der Waals surface area (Å²) >= 11 is 0. The van der Waals surface area contributed by atoms with Crippen LogP contribution in [0.5, 0.6) is 0 Å². The SMILES string of the molecule is COC1C(C(C)C)C(Cn2nncc2S(=O)(=O)OCC(C)C)OC1n1ccc(=O)[nH]c1=O. The van der Waals surface area contributed by atoms with Crippen molar-refractivity contribution in [2.75, 3.05) is 13.7 Å². The summed E-state index contributed by atoms with van der Waals surface area (Å²) in [7, 11) is -2.55. The molecule has 2 aromatic rings. The van der Waals surface area contributed by atoms with Gasteiger partial charge in [-0.1, -0.05) is 32.9 Å². The van der Waals surface area contributed by atoms with Gasteiger partial charge >= 0.3 is 15.8 Å². The van der Waals surface area contributed by atoms with Gasteiger partial charge in [-0.3, -0.25) is 18.5 Å². The quantitative estimate of drug-likeness (QED) is 0.512. The topological polar surface area (TPSA) is 147 Å². The molecule has 0 spiro atoms. The number of methoxy groups -OCH3 is 1. The summed E-state index contributed by atoms with van der Waals surface area (Å²) < 4.78 is 44.7. The summed E-state index contributed by atoms with van der Waals surface area (Å²) in [6.45, 7) is 7.73. The lowest BCUT2D eigenvalue weighted by atomic mass is 9.86. The minimum Gasteiger partial charge on any atom is -0.376 e. The molecule has 0 aliphatic carbocycles. The number of H-pyrrole nitrogens is 1. The van der Waals surface area contributed by atoms with Gasteiger partial charge in [0.25, 0.3) is 5.56 Å². The van der Waals surface area contributed by atoms with Gasteiger partial charge in [0.2, 0.25) is 5.03 Å². The molecule has 1 saturated heterocycles. The van der Waals surface area contributed by atoms with E-state index in [4.69, 9.17) is 13.7 Å². The Labute approximate surface area is 185 Å². The molecule has 0 radical (unpaired) electrons. The minimum absolute atomic E-state index is 0.0245. The van der Waals surface area contributed by atoms with Crippen LogP contribution in [0.1, 0.15) is 33.9 Å². The lowest BCUT2D eigenvalue weighted by Gasteiger charge is -2.26. The van der Waals surface area contributed by atoms with E-state index in [1.54, 1.807) is 0 Å². The molecule has 13 heteroatoms. The number of aromatic nitrogens is 5. The third kappa shape index (κ3) is 5.00. The van der Waals surface area contributed by atoms with Gasteiger partial charge in [0.15, 0.2) is 6.23 Å². The highest BCUT2D eigenvalue weighted by molar-refractivity contribution is 7.86. The van der Waals surface area contributed by atoms with Crippen molar-refractivity contribution in [3.05, 3.63) is 39.3 Å². The highest BCUT2D eigenvalue weighted by Crippen LogP contribution is 2.40. The molecule has 3 heterocycles. The Hall–Kier alpha value is -2.35. The van der Waals surface area contributed by atoms with Crippen molar-refractivity contribution in [1.82, 2.24) is 24.5 Å². The van der Waals surface area contributed by atoms with Crippen LogP contribution in [-0.2, 0) is 30.3 Å². The predicted molar refractivity (Wildman–Crippen MR) is 112 cm³/mol. The van der Waals surface area contributed by atoms with E-state index in [9.17, 15) is 18.0 Å². The second-order valence-electron chi connectivity index (χ2n) is 8.49. The normalized spacial score (nSPS) is 24.0. The molecule has 4 atom stereocenters. The first kappa shape index (κ1) is 24.3. The van der Waals surface area contributed by atoms with Gasteiger partial charge in [-0.15, -0.1) is 5.10 Å². The zero-order chi connectivity index (χ0) is 23.6. The summed E-state index contributed by atoms with van der Waals surface area (Å²) in [5.74, 6) is -0.120. The van der Waals surface area contributed by atoms with Crippen molar-refractivity contribution < 1.29 is 22.1 Å². The molecule has 12 nitrogen and oxygen atoms in total. The van der Waals surface area contributed by atoms with Gasteiger partial charge in [0.1, 0.15) is 6.10 Å². The predicted octanol–water partition coefficient (Wildman–Crippen LogP) is 0.374. The molecule has 178 valence electrons. The largest absolute Gasteiger partial charge is 0.376 e. The maximum Gasteiger partial charge on any atom is 0.330 e. The molecule has 1 fully saturated rings. The van der Waals surface area contributed by atoms with Crippen LogP contribution in [0.3, 0.4) is 0 Å². The molecule has 0 amide bonds. The minimum atomic E-state index is -4.06. The van der Waals surface area contributed by atoms with Crippen LogP contribution < -0.4 is 11.2 Å². The van der Waals surface area contributed by atoms with E-state index in [0.29, 0.717) is 0 Å². The number of aromatic amines is 1. The average Bonchev–Trinajstić information content (AvgIpc) is 3.31. The van der Waals surface area contributed by atoms with Gasteiger partial charge in [-0.25, -0.2) is 9.48 Å². The zero-order valence-electron chi connectivity index (χ0n) is 18.7. The Morgan fingerprint density at radius 2 is 1.97 bits per heavy atom. The molecule has 1 aliphatic rings. The van der Waals surface area contributed by atoms with Crippen LogP contribution in [0.4, 0.5) is 0 Å². The molecule has 4 unspecified atom stereocenters. The fourth-order valence-corrected chi connectivity index (χ4v) is 4.99. The van der Waals surface area contributed by atoms with Gasteiger partial charge in [0.05, 0.1) is 25.5 Å². The smallest absolute Gasteiger partial charge is 0.330 e. The number of hydrogen-bond acceptors (Lipinski definition) is 9. The van der Waals surface area contributed by atoms with Crippen LogP contribution in [0.15, 0.2) is 33.1 Å². The second kappa shape index (κ2) is 9.65. The molecule has 0 bridgehead atoms. The first-order valence-corrected chi connectivity index (χ1v) is 11.7. The van der Waals surface area contributed by atoms with E-state index in [2.05, 4.69) is 15.3 Å². The summed E-state index contributed by atoms with van der Waals surface area (Å²) in [5, 5.41) is 7.48. The number of rotatable bonds is 9. The molecule has 0 aromatic carbocycles. The fourth-order valence-electron chi connectivity index (χ4n) is 3.87. The maximum absolute atomic E-state index is 12.6. The van der Waals surface area contributed by atoms with Crippen molar-refractivity contribution in [2.24, 2.45) is 17.8 Å². The third-order valence-electron chi connectivity index (χ3n) is 5.32. The van der Waals surface area contributed by atoms with E-state index in [1.807, 2.05) is 27.7 Å². The van der Waals surface area contributed by atoms with Gasteiger partial charge in [-0.05, 0) is 11.8 Å². The Bertz CT molecular complexity index is 1140. The van der Waals surface area contributed by atoms with Gasteiger partial charge in [0, 0.05) is 25.3 Å². The lowest BCUT2D eigenvalue weighted by Crippen LogP contribution is -2.38. The van der Waals surface area contributed by atoms with Crippen LogP contribution in [0.2, 0.25) is 0 Å². The molecular formula is C19H29N5O7S. The van der Waals surface area contributed by atoms with E-state index >= 15 is 0 Å². The average molecular weight is 472 g/mol. The number of hydrogen-bond donors (Lipinski definition) is 1. The van der Waals surface area contributed by atoms with Crippen molar-refractivity contribution in [2.45, 2.75) is 57.7 Å². The highest BCUT2D eigenvalue weighted by atomic mass is 32.2. The zero-order valence-corrected chi connectivity index (χ0v) is 19.5.